The number of hydrogen-bond acceptors (Lipinski definition) is 1. The maximum absolute atomic E-state index is 10.7. The topological polar surface area (TPSA) is 49.3 Å². The normalized spacial score (nSPS) is 9.94. The number of carboxylic acid groups (broad SMARTS) is 1. The SMILES string of the molecule is O=C(O)Nc1ccccc1-c1cccc(Cl)c1. The van der Waals surface area contributed by atoms with Crippen molar-refractivity contribution in [1.29, 1.82) is 0 Å². The van der Waals surface area contributed by atoms with E-state index in [9.17, 15) is 4.79 Å². The quantitative estimate of drug-likeness (QED) is 0.839. The van der Waals surface area contributed by atoms with Crippen LogP contribution < -0.4 is 5.32 Å². The van der Waals surface area contributed by atoms with Crippen LogP contribution in [0.3, 0.4) is 0 Å². The molecule has 0 bridgehead atoms. The number of halogens is 1. The van der Waals surface area contributed by atoms with Gasteiger partial charge in [0.1, 0.15) is 0 Å². The molecular weight excluding hydrogens is 238 g/mol. The molecule has 0 radical (unpaired) electrons. The number of nitrogens with one attached hydrogen (secondary N) is 1. The number of carbonyl (C=O) groups is 1. The summed E-state index contributed by atoms with van der Waals surface area (Å²) >= 11 is 5.92. The van der Waals surface area contributed by atoms with E-state index in [-0.39, 0.29) is 0 Å². The average Bonchev–Trinajstić information content (AvgIpc) is 2.29. The lowest BCUT2D eigenvalue weighted by atomic mass is 10.0. The molecule has 1 amide bonds. The summed E-state index contributed by atoms with van der Waals surface area (Å²) in [6, 6.07) is 14.5. The summed E-state index contributed by atoms with van der Waals surface area (Å²) in [5, 5.41) is 11.7. The molecule has 0 atom stereocenters. The van der Waals surface area contributed by atoms with Gasteiger partial charge in [-0.3, -0.25) is 5.32 Å². The van der Waals surface area contributed by atoms with E-state index >= 15 is 0 Å². The van der Waals surface area contributed by atoms with Crippen molar-refractivity contribution < 1.29 is 9.90 Å². The molecule has 0 aliphatic rings. The van der Waals surface area contributed by atoms with Crippen molar-refractivity contribution in [1.82, 2.24) is 0 Å². The molecule has 17 heavy (non-hydrogen) atoms. The lowest BCUT2D eigenvalue weighted by molar-refractivity contribution is 0.210. The Balaban J connectivity index is 2.47. The molecule has 2 aromatic carbocycles. The van der Waals surface area contributed by atoms with E-state index in [4.69, 9.17) is 16.7 Å². The first-order valence-corrected chi connectivity index (χ1v) is 5.39. The van der Waals surface area contributed by atoms with Crippen LogP contribution in [0.15, 0.2) is 48.5 Å². The molecule has 0 aliphatic heterocycles. The molecular formula is C13H10ClNO2. The van der Waals surface area contributed by atoms with Gasteiger partial charge in [0.15, 0.2) is 0 Å². The number of para-hydroxylation sites is 1. The Hall–Kier alpha value is -2.00. The monoisotopic (exact) mass is 247 g/mol. The highest BCUT2D eigenvalue weighted by Crippen LogP contribution is 2.29. The van der Waals surface area contributed by atoms with Gasteiger partial charge in [-0.25, -0.2) is 4.79 Å². The van der Waals surface area contributed by atoms with Crippen LogP contribution in [-0.4, -0.2) is 11.2 Å². The third-order valence-corrected chi connectivity index (χ3v) is 2.54. The lowest BCUT2D eigenvalue weighted by Crippen LogP contribution is -2.08. The van der Waals surface area contributed by atoms with Crippen LogP contribution >= 0.6 is 11.6 Å². The standard InChI is InChI=1S/C13H10ClNO2/c14-10-5-3-4-9(8-10)11-6-1-2-7-12(11)15-13(16)17/h1-8,15H,(H,16,17). The first kappa shape index (κ1) is 11.5. The summed E-state index contributed by atoms with van der Waals surface area (Å²) in [7, 11) is 0. The van der Waals surface area contributed by atoms with Gasteiger partial charge >= 0.3 is 6.09 Å². The van der Waals surface area contributed by atoms with Crippen LogP contribution in [0.5, 0.6) is 0 Å². The van der Waals surface area contributed by atoms with Gasteiger partial charge in [-0.1, -0.05) is 41.9 Å². The lowest BCUT2D eigenvalue weighted by Gasteiger charge is -2.09. The average molecular weight is 248 g/mol. The van der Waals surface area contributed by atoms with E-state index in [2.05, 4.69) is 5.32 Å². The third-order valence-electron chi connectivity index (χ3n) is 2.30. The molecule has 2 N–H and O–H groups in total. The third kappa shape index (κ3) is 2.77. The Morgan fingerprint density at radius 1 is 1.12 bits per heavy atom. The zero-order valence-corrected chi connectivity index (χ0v) is 9.61. The Kier molecular flexibility index (Phi) is 3.30. The zero-order valence-electron chi connectivity index (χ0n) is 8.85. The van der Waals surface area contributed by atoms with E-state index in [1.165, 1.54) is 0 Å². The van der Waals surface area contributed by atoms with Crippen molar-refractivity contribution >= 4 is 23.4 Å². The summed E-state index contributed by atoms with van der Waals surface area (Å²) < 4.78 is 0. The second-order valence-corrected chi connectivity index (χ2v) is 3.92. The number of benzene rings is 2. The van der Waals surface area contributed by atoms with Gasteiger partial charge < -0.3 is 5.11 Å². The Bertz CT molecular complexity index is 555. The van der Waals surface area contributed by atoms with Crippen molar-refractivity contribution in [2.24, 2.45) is 0 Å². The summed E-state index contributed by atoms with van der Waals surface area (Å²) in [5.74, 6) is 0. The molecule has 0 aliphatic carbocycles. The number of hydrogen-bond donors (Lipinski definition) is 2. The molecule has 86 valence electrons. The van der Waals surface area contributed by atoms with E-state index in [0.29, 0.717) is 10.7 Å². The van der Waals surface area contributed by atoms with Crippen LogP contribution in [0.2, 0.25) is 5.02 Å². The summed E-state index contributed by atoms with van der Waals surface area (Å²) in [5.41, 5.74) is 2.22. The fourth-order valence-electron chi connectivity index (χ4n) is 1.62. The van der Waals surface area contributed by atoms with Gasteiger partial charge in [-0.05, 0) is 23.8 Å². The van der Waals surface area contributed by atoms with Crippen molar-refractivity contribution in [3.63, 3.8) is 0 Å². The predicted molar refractivity (Wildman–Crippen MR) is 68.5 cm³/mol. The number of amides is 1. The van der Waals surface area contributed by atoms with Crippen molar-refractivity contribution in [3.8, 4) is 11.1 Å². The van der Waals surface area contributed by atoms with Crippen LogP contribution in [0.25, 0.3) is 11.1 Å². The fraction of sp³-hybridized carbons (Fsp3) is 0. The van der Waals surface area contributed by atoms with E-state index in [0.717, 1.165) is 11.1 Å². The van der Waals surface area contributed by atoms with Crippen LogP contribution in [0.1, 0.15) is 0 Å². The van der Waals surface area contributed by atoms with Crippen molar-refractivity contribution in [2.75, 3.05) is 5.32 Å². The highest BCUT2D eigenvalue weighted by Gasteiger charge is 2.06. The van der Waals surface area contributed by atoms with Gasteiger partial charge in [0, 0.05) is 10.6 Å². The molecule has 2 rings (SSSR count). The molecule has 0 heterocycles. The van der Waals surface area contributed by atoms with Crippen molar-refractivity contribution in [3.05, 3.63) is 53.6 Å². The van der Waals surface area contributed by atoms with Crippen LogP contribution in [0.4, 0.5) is 10.5 Å². The molecule has 0 aromatic heterocycles. The Labute approximate surface area is 104 Å². The summed E-state index contributed by atoms with van der Waals surface area (Å²) in [6.07, 6.45) is -1.08. The molecule has 2 aromatic rings. The van der Waals surface area contributed by atoms with Crippen LogP contribution in [0, 0.1) is 0 Å². The van der Waals surface area contributed by atoms with Gasteiger partial charge in [-0.15, -0.1) is 0 Å². The molecule has 3 nitrogen and oxygen atoms in total. The molecule has 4 heteroatoms. The molecule has 0 unspecified atom stereocenters. The Morgan fingerprint density at radius 3 is 2.59 bits per heavy atom. The minimum Gasteiger partial charge on any atom is -0.465 e. The number of anilines is 1. The minimum absolute atomic E-state index is 0.544. The molecule has 0 saturated heterocycles. The van der Waals surface area contributed by atoms with Gasteiger partial charge in [0.25, 0.3) is 0 Å². The van der Waals surface area contributed by atoms with Gasteiger partial charge in [0.2, 0.25) is 0 Å². The smallest absolute Gasteiger partial charge is 0.409 e. The van der Waals surface area contributed by atoms with Gasteiger partial charge in [-0.2, -0.15) is 0 Å². The first-order chi connectivity index (χ1) is 8.16. The fourth-order valence-corrected chi connectivity index (χ4v) is 1.81. The van der Waals surface area contributed by atoms with Gasteiger partial charge in [0.05, 0.1) is 5.69 Å². The van der Waals surface area contributed by atoms with E-state index in [1.54, 1.807) is 24.3 Å². The van der Waals surface area contributed by atoms with Crippen LogP contribution in [-0.2, 0) is 0 Å². The predicted octanol–water partition coefficient (Wildman–Crippen LogP) is 4.10. The second-order valence-electron chi connectivity index (χ2n) is 3.49. The first-order valence-electron chi connectivity index (χ1n) is 5.02. The van der Waals surface area contributed by atoms with E-state index in [1.807, 2.05) is 24.3 Å². The number of rotatable bonds is 2. The van der Waals surface area contributed by atoms with E-state index < -0.39 is 6.09 Å². The molecule has 0 fully saturated rings. The Morgan fingerprint density at radius 2 is 1.88 bits per heavy atom. The minimum atomic E-state index is -1.08. The molecule has 0 spiro atoms. The second kappa shape index (κ2) is 4.89. The summed E-state index contributed by atoms with van der Waals surface area (Å²) in [6.45, 7) is 0. The zero-order chi connectivity index (χ0) is 12.3. The maximum atomic E-state index is 10.7. The summed E-state index contributed by atoms with van der Waals surface area (Å²) in [4.78, 5) is 10.7. The highest BCUT2D eigenvalue weighted by atomic mass is 35.5. The molecule has 0 saturated carbocycles. The maximum Gasteiger partial charge on any atom is 0.409 e. The largest absolute Gasteiger partial charge is 0.465 e. The highest BCUT2D eigenvalue weighted by molar-refractivity contribution is 6.30. The van der Waals surface area contributed by atoms with Crippen molar-refractivity contribution in [2.45, 2.75) is 0 Å².